The number of rotatable bonds is 4. The van der Waals surface area contributed by atoms with Crippen LogP contribution in [0.15, 0.2) is 23.6 Å². The molecular weight excluding hydrogens is 280 g/mol. The fourth-order valence-corrected chi connectivity index (χ4v) is 2.69. The summed E-state index contributed by atoms with van der Waals surface area (Å²) in [6.07, 6.45) is 6.96. The number of pyridine rings is 1. The van der Waals surface area contributed by atoms with Gasteiger partial charge in [0.05, 0.1) is 17.1 Å². The van der Waals surface area contributed by atoms with Crippen molar-refractivity contribution in [2.45, 2.75) is 31.7 Å². The Morgan fingerprint density at radius 1 is 1.55 bits per heavy atom. The minimum atomic E-state index is -0.212. The first-order valence-corrected chi connectivity index (χ1v) is 6.88. The molecule has 0 spiro atoms. The zero-order valence-corrected chi connectivity index (χ0v) is 11.8. The Bertz CT molecular complexity index is 515. The van der Waals surface area contributed by atoms with Gasteiger partial charge in [-0.3, -0.25) is 9.78 Å². The van der Waals surface area contributed by atoms with Crippen LogP contribution in [0.1, 0.15) is 36.0 Å². The van der Waals surface area contributed by atoms with Gasteiger partial charge in [0.15, 0.2) is 5.84 Å². The van der Waals surface area contributed by atoms with Crippen LogP contribution in [-0.4, -0.2) is 39.4 Å². The van der Waals surface area contributed by atoms with Gasteiger partial charge in [-0.25, -0.2) is 0 Å². The van der Waals surface area contributed by atoms with Gasteiger partial charge in [-0.1, -0.05) is 29.6 Å². The highest BCUT2D eigenvalue weighted by Gasteiger charge is 2.29. The van der Waals surface area contributed by atoms with E-state index in [0.29, 0.717) is 10.6 Å². The van der Waals surface area contributed by atoms with Gasteiger partial charge >= 0.3 is 0 Å². The molecule has 1 aromatic rings. The summed E-state index contributed by atoms with van der Waals surface area (Å²) in [6.45, 7) is 0.0959. The Hall–Kier alpha value is -1.82. The summed E-state index contributed by atoms with van der Waals surface area (Å²) >= 11 is 6.02. The summed E-state index contributed by atoms with van der Waals surface area (Å²) in [5.74, 6) is -0.202. The number of amidine groups is 1. The second-order valence-electron chi connectivity index (χ2n) is 4.82. The van der Waals surface area contributed by atoms with Crippen molar-refractivity contribution in [2.75, 3.05) is 6.54 Å². The molecule has 1 fully saturated rings. The van der Waals surface area contributed by atoms with Crippen molar-refractivity contribution in [1.82, 2.24) is 9.88 Å². The van der Waals surface area contributed by atoms with Crippen molar-refractivity contribution in [2.24, 2.45) is 10.9 Å². The fraction of sp³-hybridized carbons (Fsp3) is 0.462. The summed E-state index contributed by atoms with van der Waals surface area (Å²) in [6, 6.07) is 1.69. The van der Waals surface area contributed by atoms with Gasteiger partial charge in [-0.2, -0.15) is 0 Å². The number of halogens is 1. The van der Waals surface area contributed by atoms with E-state index in [-0.39, 0.29) is 24.3 Å². The normalized spacial score (nSPS) is 16.4. The third kappa shape index (κ3) is 3.19. The number of oxime groups is 1. The Balaban J connectivity index is 2.25. The molecular formula is C13H17ClN4O2. The van der Waals surface area contributed by atoms with Gasteiger partial charge in [0, 0.05) is 18.4 Å². The first-order valence-electron chi connectivity index (χ1n) is 6.50. The van der Waals surface area contributed by atoms with Gasteiger partial charge < -0.3 is 15.8 Å². The topological polar surface area (TPSA) is 91.8 Å². The lowest BCUT2D eigenvalue weighted by atomic mass is 10.1. The number of aromatic nitrogens is 1. The highest BCUT2D eigenvalue weighted by Crippen LogP contribution is 2.26. The fourth-order valence-electron chi connectivity index (χ4n) is 2.49. The summed E-state index contributed by atoms with van der Waals surface area (Å²) in [7, 11) is 0. The molecule has 0 radical (unpaired) electrons. The van der Waals surface area contributed by atoms with Crippen molar-refractivity contribution in [3.8, 4) is 0 Å². The van der Waals surface area contributed by atoms with E-state index in [9.17, 15) is 4.79 Å². The third-order valence-electron chi connectivity index (χ3n) is 3.49. The third-order valence-corrected chi connectivity index (χ3v) is 3.79. The standard InChI is InChI=1S/C13H17ClN4O2/c14-11-7-16-6-5-10(11)13(19)18(8-12(15)17-20)9-3-1-2-4-9/h5-7,9,20H,1-4,8H2,(H2,15,17). The number of amides is 1. The van der Waals surface area contributed by atoms with Gasteiger partial charge in [0.1, 0.15) is 0 Å². The first-order chi connectivity index (χ1) is 9.63. The van der Waals surface area contributed by atoms with E-state index < -0.39 is 0 Å². The lowest BCUT2D eigenvalue weighted by Gasteiger charge is -2.28. The Morgan fingerprint density at radius 2 is 2.25 bits per heavy atom. The molecule has 0 atom stereocenters. The lowest BCUT2D eigenvalue weighted by molar-refractivity contribution is 0.0712. The molecule has 1 heterocycles. The summed E-state index contributed by atoms with van der Waals surface area (Å²) in [5.41, 5.74) is 5.94. The predicted octanol–water partition coefficient (Wildman–Crippen LogP) is 1.87. The quantitative estimate of drug-likeness (QED) is 0.384. The maximum absolute atomic E-state index is 12.6. The molecule has 108 valence electrons. The van der Waals surface area contributed by atoms with E-state index in [1.54, 1.807) is 11.0 Å². The number of hydrogen-bond acceptors (Lipinski definition) is 4. The molecule has 0 unspecified atom stereocenters. The molecule has 1 aliphatic rings. The highest BCUT2D eigenvalue weighted by atomic mass is 35.5. The maximum atomic E-state index is 12.6. The number of nitrogens with zero attached hydrogens (tertiary/aromatic N) is 3. The zero-order valence-electron chi connectivity index (χ0n) is 11.0. The summed E-state index contributed by atoms with van der Waals surface area (Å²) < 4.78 is 0. The van der Waals surface area contributed by atoms with Crippen molar-refractivity contribution in [3.63, 3.8) is 0 Å². The molecule has 0 aromatic carbocycles. The Labute approximate surface area is 122 Å². The van der Waals surface area contributed by atoms with Crippen molar-refractivity contribution in [3.05, 3.63) is 29.0 Å². The van der Waals surface area contributed by atoms with Crippen molar-refractivity contribution >= 4 is 23.3 Å². The summed E-state index contributed by atoms with van der Waals surface area (Å²) in [5, 5.41) is 12.0. The van der Waals surface area contributed by atoms with Crippen LogP contribution >= 0.6 is 11.6 Å². The monoisotopic (exact) mass is 296 g/mol. The predicted molar refractivity (Wildman–Crippen MR) is 75.9 cm³/mol. The molecule has 0 aliphatic heterocycles. The van der Waals surface area contributed by atoms with Crippen LogP contribution in [0.2, 0.25) is 5.02 Å². The number of hydrogen-bond donors (Lipinski definition) is 2. The smallest absolute Gasteiger partial charge is 0.256 e. The average molecular weight is 297 g/mol. The molecule has 7 heteroatoms. The lowest BCUT2D eigenvalue weighted by Crippen LogP contribution is -2.44. The van der Waals surface area contributed by atoms with E-state index in [1.165, 1.54) is 12.4 Å². The van der Waals surface area contributed by atoms with Crippen LogP contribution in [0, 0.1) is 0 Å². The molecule has 6 nitrogen and oxygen atoms in total. The molecule has 1 aromatic heterocycles. The van der Waals surface area contributed by atoms with Crippen LogP contribution < -0.4 is 5.73 Å². The number of nitrogens with two attached hydrogens (primary N) is 1. The molecule has 1 saturated carbocycles. The second kappa shape index (κ2) is 6.56. The summed E-state index contributed by atoms with van der Waals surface area (Å²) in [4.78, 5) is 18.1. The Morgan fingerprint density at radius 3 is 2.85 bits per heavy atom. The van der Waals surface area contributed by atoms with E-state index in [2.05, 4.69) is 10.1 Å². The zero-order chi connectivity index (χ0) is 14.5. The SMILES string of the molecule is NC(CN(C(=O)c1ccncc1Cl)C1CCCC1)=NO. The van der Waals surface area contributed by atoms with E-state index in [4.69, 9.17) is 22.5 Å². The van der Waals surface area contributed by atoms with Gasteiger partial charge in [0.25, 0.3) is 5.91 Å². The number of carbonyl (C=O) groups excluding carboxylic acids is 1. The molecule has 0 saturated heterocycles. The minimum absolute atomic E-state index is 0.00966. The van der Waals surface area contributed by atoms with E-state index in [0.717, 1.165) is 25.7 Å². The molecule has 1 amide bonds. The van der Waals surface area contributed by atoms with Crippen molar-refractivity contribution < 1.29 is 10.0 Å². The number of carbonyl (C=O) groups is 1. The molecule has 0 bridgehead atoms. The van der Waals surface area contributed by atoms with Crippen LogP contribution in [0.5, 0.6) is 0 Å². The van der Waals surface area contributed by atoms with E-state index >= 15 is 0 Å². The van der Waals surface area contributed by atoms with Gasteiger partial charge in [-0.15, -0.1) is 0 Å². The van der Waals surface area contributed by atoms with Crippen LogP contribution in [0.25, 0.3) is 0 Å². The minimum Gasteiger partial charge on any atom is -0.409 e. The van der Waals surface area contributed by atoms with Gasteiger partial charge in [-0.05, 0) is 18.9 Å². The van der Waals surface area contributed by atoms with Crippen LogP contribution in [0.4, 0.5) is 0 Å². The van der Waals surface area contributed by atoms with Crippen LogP contribution in [0.3, 0.4) is 0 Å². The second-order valence-corrected chi connectivity index (χ2v) is 5.23. The van der Waals surface area contributed by atoms with E-state index in [1.807, 2.05) is 0 Å². The first kappa shape index (κ1) is 14.6. The maximum Gasteiger partial charge on any atom is 0.256 e. The van der Waals surface area contributed by atoms with Crippen LogP contribution in [-0.2, 0) is 0 Å². The molecule has 3 N–H and O–H groups in total. The van der Waals surface area contributed by atoms with Crippen molar-refractivity contribution in [1.29, 1.82) is 0 Å². The average Bonchev–Trinajstić information content (AvgIpc) is 2.98. The van der Waals surface area contributed by atoms with Gasteiger partial charge in [0.2, 0.25) is 0 Å². The molecule has 1 aliphatic carbocycles. The highest BCUT2D eigenvalue weighted by molar-refractivity contribution is 6.33. The Kier molecular flexibility index (Phi) is 4.79. The molecule has 20 heavy (non-hydrogen) atoms. The molecule has 2 rings (SSSR count). The largest absolute Gasteiger partial charge is 0.409 e.